The Kier molecular flexibility index (Phi) is 9.43. The van der Waals surface area contributed by atoms with Gasteiger partial charge < -0.3 is 25.2 Å². The van der Waals surface area contributed by atoms with Crippen molar-refractivity contribution in [1.82, 2.24) is 4.90 Å². The van der Waals surface area contributed by atoms with Crippen LogP contribution >= 0.6 is 0 Å². The first-order valence-corrected chi connectivity index (χ1v) is 9.92. The van der Waals surface area contributed by atoms with E-state index >= 15 is 0 Å². The van der Waals surface area contributed by atoms with Crippen LogP contribution in [-0.2, 0) is 14.4 Å². The van der Waals surface area contributed by atoms with Crippen molar-refractivity contribution in [2.24, 2.45) is 0 Å². The summed E-state index contributed by atoms with van der Waals surface area (Å²) in [5, 5.41) is 17.5. The third-order valence-electron chi connectivity index (χ3n) is 4.74. The van der Waals surface area contributed by atoms with Crippen molar-refractivity contribution < 1.29 is 33.7 Å². The summed E-state index contributed by atoms with van der Waals surface area (Å²) < 4.78 is 18.6. The number of carbonyl (C=O) groups excluding carboxylic acids is 1. The number of nitrogens with zero attached hydrogens (tertiary/aromatic N) is 2. The van der Waals surface area contributed by atoms with Gasteiger partial charge in [0.2, 0.25) is 5.91 Å². The first kappa shape index (κ1) is 24.6. The number of methoxy groups -OCH3 is 1. The highest BCUT2D eigenvalue weighted by molar-refractivity contribution is 6.27. The lowest BCUT2D eigenvalue weighted by Crippen LogP contribution is -2.47. The van der Waals surface area contributed by atoms with E-state index in [0.29, 0.717) is 18.7 Å². The summed E-state index contributed by atoms with van der Waals surface area (Å²) in [4.78, 5) is 34.8. The minimum atomic E-state index is -1.82. The fraction of sp³-hybridized carbons (Fsp3) is 0.318. The highest BCUT2D eigenvalue weighted by Gasteiger charge is 2.19. The molecular formula is C22H26FN3O6. The average molecular weight is 447 g/mol. The fourth-order valence-corrected chi connectivity index (χ4v) is 3.15. The number of aliphatic carboxylic acids is 2. The maximum atomic E-state index is 13.2. The Bertz CT molecular complexity index is 919. The van der Waals surface area contributed by atoms with Crippen molar-refractivity contribution >= 4 is 29.2 Å². The number of halogens is 1. The number of rotatable bonds is 6. The van der Waals surface area contributed by atoms with Crippen LogP contribution < -0.4 is 15.0 Å². The number of carboxylic acid groups (broad SMARTS) is 2. The largest absolute Gasteiger partial charge is 0.495 e. The number of hydrogen-bond acceptors (Lipinski definition) is 6. The topological polar surface area (TPSA) is 119 Å². The molecule has 1 aliphatic rings. The van der Waals surface area contributed by atoms with Gasteiger partial charge in [-0.1, -0.05) is 18.2 Å². The summed E-state index contributed by atoms with van der Waals surface area (Å²) >= 11 is 0. The number of piperazine rings is 1. The van der Waals surface area contributed by atoms with E-state index in [2.05, 4.69) is 21.2 Å². The number of anilines is 2. The Morgan fingerprint density at radius 2 is 1.66 bits per heavy atom. The van der Waals surface area contributed by atoms with E-state index in [1.807, 2.05) is 18.2 Å². The van der Waals surface area contributed by atoms with Crippen molar-refractivity contribution in [3.05, 3.63) is 54.3 Å². The molecule has 0 atom stereocenters. The molecule has 9 nitrogen and oxygen atoms in total. The minimum absolute atomic E-state index is 0.0947. The summed E-state index contributed by atoms with van der Waals surface area (Å²) in [7, 11) is 1.69. The van der Waals surface area contributed by atoms with Crippen LogP contribution in [0.3, 0.4) is 0 Å². The second-order valence-electron chi connectivity index (χ2n) is 6.92. The molecule has 0 unspecified atom stereocenters. The van der Waals surface area contributed by atoms with Crippen LogP contribution in [0.1, 0.15) is 6.42 Å². The maximum absolute atomic E-state index is 13.2. The number of para-hydroxylation sites is 2. The third-order valence-corrected chi connectivity index (χ3v) is 4.74. The van der Waals surface area contributed by atoms with Gasteiger partial charge in [0.05, 0.1) is 12.8 Å². The summed E-state index contributed by atoms with van der Waals surface area (Å²) in [6.07, 6.45) is 0.394. The third kappa shape index (κ3) is 7.88. The summed E-state index contributed by atoms with van der Waals surface area (Å²) in [5.41, 5.74) is 1.61. The number of carboxylic acids is 2. The van der Waals surface area contributed by atoms with Crippen LogP contribution in [0.25, 0.3) is 0 Å². The zero-order valence-corrected chi connectivity index (χ0v) is 17.7. The zero-order valence-electron chi connectivity index (χ0n) is 17.7. The molecule has 3 N–H and O–H groups in total. The number of carbonyl (C=O) groups is 3. The van der Waals surface area contributed by atoms with E-state index < -0.39 is 11.9 Å². The molecule has 2 aromatic carbocycles. The molecule has 0 bridgehead atoms. The van der Waals surface area contributed by atoms with Gasteiger partial charge in [-0.05, 0) is 30.3 Å². The Hall–Kier alpha value is -3.66. The fourth-order valence-electron chi connectivity index (χ4n) is 3.15. The van der Waals surface area contributed by atoms with Crippen molar-refractivity contribution in [1.29, 1.82) is 0 Å². The molecule has 3 rings (SSSR count). The number of amides is 1. The van der Waals surface area contributed by atoms with Crippen LogP contribution in [0.2, 0.25) is 0 Å². The van der Waals surface area contributed by atoms with Gasteiger partial charge in [0, 0.05) is 44.8 Å². The Balaban J connectivity index is 0.000000534. The Morgan fingerprint density at radius 3 is 2.25 bits per heavy atom. The molecule has 1 amide bonds. The zero-order chi connectivity index (χ0) is 23.5. The van der Waals surface area contributed by atoms with Crippen molar-refractivity contribution in [3.63, 3.8) is 0 Å². The van der Waals surface area contributed by atoms with Crippen LogP contribution in [0, 0.1) is 5.82 Å². The molecule has 0 aromatic heterocycles. The first-order valence-electron chi connectivity index (χ1n) is 9.92. The van der Waals surface area contributed by atoms with Crippen LogP contribution in [0.15, 0.2) is 48.5 Å². The van der Waals surface area contributed by atoms with Crippen molar-refractivity contribution in [2.45, 2.75) is 6.42 Å². The van der Waals surface area contributed by atoms with Crippen molar-refractivity contribution in [2.75, 3.05) is 50.1 Å². The first-order chi connectivity index (χ1) is 15.3. The molecule has 32 heavy (non-hydrogen) atoms. The van der Waals surface area contributed by atoms with Crippen LogP contribution in [-0.4, -0.2) is 72.8 Å². The lowest BCUT2D eigenvalue weighted by Gasteiger charge is -2.36. The second kappa shape index (κ2) is 12.3. The standard InChI is InChI=1S/C20H24FN3O2.C2H2O4/c1-26-19-8-3-2-7-18(19)24-13-11-23(12-14-24)10-9-20(25)22-17-6-4-5-16(21)15-17;3-1(4)2(5)6/h2-8,15H,9-14H2,1H3,(H,22,25);(H,3,4)(H,5,6). The van der Waals surface area contributed by atoms with Gasteiger partial charge in [-0.25, -0.2) is 14.0 Å². The van der Waals surface area contributed by atoms with E-state index in [-0.39, 0.29) is 11.7 Å². The van der Waals surface area contributed by atoms with Gasteiger partial charge in [-0.3, -0.25) is 9.69 Å². The minimum Gasteiger partial charge on any atom is -0.495 e. The van der Waals surface area contributed by atoms with Crippen molar-refractivity contribution in [3.8, 4) is 5.75 Å². The molecule has 0 aliphatic carbocycles. The molecule has 1 saturated heterocycles. The quantitative estimate of drug-likeness (QED) is 0.577. The van der Waals surface area contributed by atoms with E-state index in [9.17, 15) is 9.18 Å². The predicted molar refractivity (Wildman–Crippen MR) is 117 cm³/mol. The van der Waals surface area contributed by atoms with Crippen LogP contribution in [0.4, 0.5) is 15.8 Å². The lowest BCUT2D eigenvalue weighted by molar-refractivity contribution is -0.159. The Morgan fingerprint density at radius 1 is 1.00 bits per heavy atom. The second-order valence-corrected chi connectivity index (χ2v) is 6.92. The van der Waals surface area contributed by atoms with E-state index in [1.54, 1.807) is 19.2 Å². The molecular weight excluding hydrogens is 421 g/mol. The molecule has 172 valence electrons. The number of benzene rings is 2. The molecule has 1 fully saturated rings. The van der Waals surface area contributed by atoms with Gasteiger partial charge in [-0.2, -0.15) is 0 Å². The van der Waals surface area contributed by atoms with E-state index in [4.69, 9.17) is 24.5 Å². The predicted octanol–water partition coefficient (Wildman–Crippen LogP) is 2.14. The Labute approximate surface area is 185 Å². The monoisotopic (exact) mass is 447 g/mol. The highest BCUT2D eigenvalue weighted by atomic mass is 19.1. The van der Waals surface area contributed by atoms with E-state index in [1.165, 1.54) is 12.1 Å². The van der Waals surface area contributed by atoms with Crippen LogP contribution in [0.5, 0.6) is 5.75 Å². The molecule has 0 saturated carbocycles. The van der Waals surface area contributed by atoms with E-state index in [0.717, 1.165) is 37.6 Å². The summed E-state index contributed by atoms with van der Waals surface area (Å²) in [6.45, 7) is 4.27. The van der Waals surface area contributed by atoms with Gasteiger partial charge in [-0.15, -0.1) is 0 Å². The SMILES string of the molecule is COc1ccccc1N1CCN(CCC(=O)Nc2cccc(F)c2)CC1.O=C(O)C(=O)O. The molecule has 1 aliphatic heterocycles. The number of ether oxygens (including phenoxy) is 1. The summed E-state index contributed by atoms with van der Waals surface area (Å²) in [6, 6.07) is 14.0. The lowest BCUT2D eigenvalue weighted by atomic mass is 10.2. The van der Waals surface area contributed by atoms with Gasteiger partial charge in [0.25, 0.3) is 0 Å². The van der Waals surface area contributed by atoms with Gasteiger partial charge in [0.1, 0.15) is 11.6 Å². The molecule has 10 heteroatoms. The molecule has 0 spiro atoms. The maximum Gasteiger partial charge on any atom is 0.414 e. The highest BCUT2D eigenvalue weighted by Crippen LogP contribution is 2.28. The smallest absolute Gasteiger partial charge is 0.414 e. The molecule has 2 aromatic rings. The van der Waals surface area contributed by atoms with Gasteiger partial charge in [0.15, 0.2) is 0 Å². The van der Waals surface area contributed by atoms with Gasteiger partial charge >= 0.3 is 11.9 Å². The normalized spacial score (nSPS) is 13.5. The molecule has 0 radical (unpaired) electrons. The average Bonchev–Trinajstić information content (AvgIpc) is 2.78. The summed E-state index contributed by atoms with van der Waals surface area (Å²) in [5.74, 6) is -3.21. The number of nitrogens with one attached hydrogen (secondary N) is 1. The number of hydrogen-bond donors (Lipinski definition) is 3. The molecule has 1 heterocycles.